The first kappa shape index (κ1) is 25.8. The smallest absolute Gasteiger partial charge is 0.364 e. The zero-order valence-electron chi connectivity index (χ0n) is 21.5. The molecule has 4 heterocycles. The molecule has 0 spiro atoms. The maximum absolute atomic E-state index is 15.2. The Hall–Kier alpha value is -3.80. The summed E-state index contributed by atoms with van der Waals surface area (Å²) in [6.07, 6.45) is -1.51. The normalized spacial score (nSPS) is 17.8. The number of ether oxygens (including phenoxy) is 1. The first-order valence-electron chi connectivity index (χ1n) is 11.9. The Labute approximate surface area is 215 Å². The molecule has 38 heavy (non-hydrogen) atoms. The molecule has 0 unspecified atom stereocenters. The van der Waals surface area contributed by atoms with Crippen molar-refractivity contribution in [3.63, 3.8) is 0 Å². The molecule has 0 bridgehead atoms. The van der Waals surface area contributed by atoms with E-state index in [-0.39, 0.29) is 33.8 Å². The molecule has 3 aromatic heterocycles. The zero-order valence-corrected chi connectivity index (χ0v) is 21.5. The van der Waals surface area contributed by atoms with Gasteiger partial charge in [0.25, 0.3) is 5.56 Å². The number of pyridine rings is 1. The Morgan fingerprint density at radius 2 is 1.87 bits per heavy atom. The average Bonchev–Trinajstić information content (AvgIpc) is 3.27. The van der Waals surface area contributed by atoms with E-state index in [9.17, 15) is 18.0 Å². The number of rotatable bonds is 3. The second kappa shape index (κ2) is 8.90. The Balaban J connectivity index is 1.70. The molecule has 200 valence electrons. The fourth-order valence-electron chi connectivity index (χ4n) is 4.74. The van der Waals surface area contributed by atoms with E-state index in [0.29, 0.717) is 30.8 Å². The van der Waals surface area contributed by atoms with Gasteiger partial charge in [-0.1, -0.05) is 0 Å². The van der Waals surface area contributed by atoms with Crippen LogP contribution in [0, 0.1) is 12.7 Å². The van der Waals surface area contributed by atoms with Gasteiger partial charge in [-0.3, -0.25) is 14.0 Å². The maximum Gasteiger partial charge on any atom is 0.416 e. The first-order chi connectivity index (χ1) is 17.7. The predicted octanol–water partition coefficient (Wildman–Crippen LogP) is 4.55. The van der Waals surface area contributed by atoms with Crippen LogP contribution in [-0.4, -0.2) is 43.0 Å². The van der Waals surface area contributed by atoms with Gasteiger partial charge in [-0.05, 0) is 45.0 Å². The number of benzene rings is 1. The van der Waals surface area contributed by atoms with Gasteiger partial charge in [-0.15, -0.1) is 0 Å². The lowest BCUT2D eigenvalue weighted by molar-refractivity contribution is -0.137. The van der Waals surface area contributed by atoms with Gasteiger partial charge < -0.3 is 9.64 Å². The number of anilines is 1. The van der Waals surface area contributed by atoms with Crippen molar-refractivity contribution in [1.29, 1.82) is 0 Å². The van der Waals surface area contributed by atoms with Crippen LogP contribution in [0.3, 0.4) is 0 Å². The molecule has 12 heteroatoms. The van der Waals surface area contributed by atoms with Crippen molar-refractivity contribution in [3.8, 4) is 11.3 Å². The number of morpholine rings is 1. The highest BCUT2D eigenvalue weighted by Crippen LogP contribution is 2.37. The highest BCUT2D eigenvalue weighted by Gasteiger charge is 2.36. The summed E-state index contributed by atoms with van der Waals surface area (Å²) in [6.45, 7) is 6.22. The molecule has 1 aliphatic rings. The van der Waals surface area contributed by atoms with Crippen molar-refractivity contribution in [3.05, 3.63) is 69.8 Å². The molecule has 1 aromatic carbocycles. The predicted molar refractivity (Wildman–Crippen MR) is 133 cm³/mol. The van der Waals surface area contributed by atoms with E-state index >= 15 is 4.39 Å². The maximum atomic E-state index is 15.2. The Morgan fingerprint density at radius 3 is 2.50 bits per heavy atom. The second-order valence-corrected chi connectivity index (χ2v) is 10.1. The van der Waals surface area contributed by atoms with E-state index in [4.69, 9.17) is 4.74 Å². The molecule has 0 amide bonds. The molecule has 0 N–H and O–H groups in total. The van der Waals surface area contributed by atoms with Gasteiger partial charge in [0.15, 0.2) is 0 Å². The van der Waals surface area contributed by atoms with E-state index in [0.717, 1.165) is 17.7 Å². The summed E-state index contributed by atoms with van der Waals surface area (Å²) < 4.78 is 64.1. The van der Waals surface area contributed by atoms with Crippen LogP contribution in [0.25, 0.3) is 22.2 Å². The van der Waals surface area contributed by atoms with Crippen LogP contribution in [0.4, 0.5) is 23.4 Å². The molecule has 1 aliphatic heterocycles. The van der Waals surface area contributed by atoms with Crippen molar-refractivity contribution in [2.45, 2.75) is 38.7 Å². The second-order valence-electron chi connectivity index (χ2n) is 10.1. The quantitative estimate of drug-likeness (QED) is 0.362. The van der Waals surface area contributed by atoms with Crippen LogP contribution in [0.15, 0.2) is 41.5 Å². The minimum atomic E-state index is -4.71. The van der Waals surface area contributed by atoms with Crippen LogP contribution < -0.4 is 10.5 Å². The average molecular weight is 531 g/mol. The monoisotopic (exact) mass is 530 g/mol. The number of aromatic nitrogens is 5. The van der Waals surface area contributed by atoms with Crippen molar-refractivity contribution < 1.29 is 22.3 Å². The molecular formula is C26H26F4N6O2. The lowest BCUT2D eigenvalue weighted by Gasteiger charge is -2.43. The van der Waals surface area contributed by atoms with Gasteiger partial charge in [0, 0.05) is 38.0 Å². The highest BCUT2D eigenvalue weighted by atomic mass is 19.4. The van der Waals surface area contributed by atoms with E-state index < -0.39 is 23.2 Å². The number of halogens is 4. The zero-order chi connectivity index (χ0) is 27.6. The van der Waals surface area contributed by atoms with Crippen LogP contribution in [0.1, 0.15) is 36.9 Å². The summed E-state index contributed by atoms with van der Waals surface area (Å²) in [5.74, 6) is -0.393. The SMILES string of the molecule is Cc1nc2c(-c3ccc(C(F)(F)F)cc3F)nc(N3C[C@@H](c4cnn(C)c4)OC(C)(C)C3)cc2c(=O)n1C. The first-order valence-corrected chi connectivity index (χ1v) is 11.9. The topological polar surface area (TPSA) is 78.1 Å². The van der Waals surface area contributed by atoms with Crippen molar-refractivity contribution in [2.75, 3.05) is 18.0 Å². The van der Waals surface area contributed by atoms with Gasteiger partial charge >= 0.3 is 6.18 Å². The minimum Gasteiger partial charge on any atom is -0.364 e. The Bertz CT molecular complexity index is 1610. The number of nitrogens with zero attached hydrogens (tertiary/aromatic N) is 6. The van der Waals surface area contributed by atoms with E-state index in [1.54, 1.807) is 38.0 Å². The molecule has 1 atom stereocenters. The van der Waals surface area contributed by atoms with E-state index in [1.165, 1.54) is 4.57 Å². The number of fused-ring (bicyclic) bond motifs is 1. The van der Waals surface area contributed by atoms with Gasteiger partial charge in [0.1, 0.15) is 34.8 Å². The molecule has 5 rings (SSSR count). The summed E-state index contributed by atoms with van der Waals surface area (Å²) in [4.78, 5) is 24.3. The van der Waals surface area contributed by atoms with E-state index in [1.807, 2.05) is 24.9 Å². The molecule has 1 fully saturated rings. The molecule has 1 saturated heterocycles. The lowest BCUT2D eigenvalue weighted by atomic mass is 10.0. The highest BCUT2D eigenvalue weighted by molar-refractivity contribution is 5.93. The fourth-order valence-corrected chi connectivity index (χ4v) is 4.74. The number of aryl methyl sites for hydroxylation is 2. The minimum absolute atomic E-state index is 0.00764. The van der Waals surface area contributed by atoms with Gasteiger partial charge in [-0.2, -0.15) is 18.3 Å². The number of hydrogen-bond donors (Lipinski definition) is 0. The van der Waals surface area contributed by atoms with Gasteiger partial charge in [0.2, 0.25) is 0 Å². The van der Waals surface area contributed by atoms with Crippen LogP contribution in [0.2, 0.25) is 0 Å². The van der Waals surface area contributed by atoms with Crippen LogP contribution in [-0.2, 0) is 25.0 Å². The molecule has 0 aliphatic carbocycles. The summed E-state index contributed by atoms with van der Waals surface area (Å²) in [5, 5.41) is 4.40. The Kier molecular flexibility index (Phi) is 6.05. The summed E-state index contributed by atoms with van der Waals surface area (Å²) in [7, 11) is 3.37. The molecule has 4 aromatic rings. The van der Waals surface area contributed by atoms with Crippen LogP contribution in [0.5, 0.6) is 0 Å². The van der Waals surface area contributed by atoms with Crippen molar-refractivity contribution >= 4 is 16.7 Å². The van der Waals surface area contributed by atoms with Gasteiger partial charge in [0.05, 0.1) is 29.3 Å². The summed E-state index contributed by atoms with van der Waals surface area (Å²) >= 11 is 0. The largest absolute Gasteiger partial charge is 0.416 e. The van der Waals surface area contributed by atoms with Gasteiger partial charge in [-0.25, -0.2) is 14.4 Å². The molecule has 8 nitrogen and oxygen atoms in total. The fraction of sp³-hybridized carbons (Fsp3) is 0.385. The summed E-state index contributed by atoms with van der Waals surface area (Å²) in [6, 6.07) is 3.85. The number of hydrogen-bond acceptors (Lipinski definition) is 6. The molecule has 0 saturated carbocycles. The van der Waals surface area contributed by atoms with E-state index in [2.05, 4.69) is 15.1 Å². The van der Waals surface area contributed by atoms with Crippen LogP contribution >= 0.6 is 0 Å². The number of alkyl halides is 3. The third-order valence-corrected chi connectivity index (χ3v) is 6.66. The standard InChI is InChI=1S/C26H26F4N6O2/c1-14-32-23-18(24(37)35(14)5)9-21(33-22(23)17-7-6-16(8-19(17)27)26(28,29)30)36-12-20(38-25(2,3)13-36)15-10-31-34(4)11-15/h6-11,20H,12-13H2,1-5H3/t20-/m0/s1. The lowest BCUT2D eigenvalue weighted by Crippen LogP contribution is -2.50. The third kappa shape index (κ3) is 4.64. The third-order valence-electron chi connectivity index (χ3n) is 6.66. The Morgan fingerprint density at radius 1 is 1.13 bits per heavy atom. The van der Waals surface area contributed by atoms with Crippen molar-refractivity contribution in [2.24, 2.45) is 14.1 Å². The molecular weight excluding hydrogens is 504 g/mol. The summed E-state index contributed by atoms with van der Waals surface area (Å²) in [5.41, 5.74) is -1.33. The van der Waals surface area contributed by atoms with Crippen molar-refractivity contribution in [1.82, 2.24) is 24.3 Å². The molecule has 0 radical (unpaired) electrons.